The van der Waals surface area contributed by atoms with Gasteiger partial charge in [-0.1, -0.05) is 57.2 Å². The monoisotopic (exact) mass is 528 g/mol. The van der Waals surface area contributed by atoms with Crippen LogP contribution in [0.1, 0.15) is 78.7 Å². The third kappa shape index (κ3) is 10.2. The number of benzene rings is 1. The Morgan fingerprint density at radius 2 is 1.78 bits per heavy atom. The van der Waals surface area contributed by atoms with Gasteiger partial charge in [0.2, 0.25) is 0 Å². The number of unbranched alkanes of at least 4 members (excludes halogenated alkanes) is 1. The summed E-state index contributed by atoms with van der Waals surface area (Å²) in [5, 5.41) is 0.0733. The van der Waals surface area contributed by atoms with Crippen LogP contribution in [0, 0.1) is 11.8 Å². The van der Waals surface area contributed by atoms with Crippen molar-refractivity contribution in [1.29, 1.82) is 0 Å². The van der Waals surface area contributed by atoms with E-state index >= 15 is 0 Å². The number of allylic oxidation sites excluding steroid dienone is 2. The first-order valence-corrected chi connectivity index (χ1v) is 16.6. The van der Waals surface area contributed by atoms with E-state index in [9.17, 15) is 9.59 Å². The molecule has 0 heterocycles. The Kier molecular flexibility index (Phi) is 11.8. The van der Waals surface area contributed by atoms with Gasteiger partial charge in [0, 0.05) is 25.2 Å². The van der Waals surface area contributed by atoms with Crippen LogP contribution in [0.3, 0.4) is 0 Å². The van der Waals surface area contributed by atoms with Crippen molar-refractivity contribution in [3.05, 3.63) is 48.1 Å². The van der Waals surface area contributed by atoms with Crippen molar-refractivity contribution in [3.63, 3.8) is 0 Å². The Morgan fingerprint density at radius 3 is 2.38 bits per heavy atom. The van der Waals surface area contributed by atoms with Crippen LogP contribution < -0.4 is 4.74 Å². The molecule has 1 saturated carbocycles. The Morgan fingerprint density at radius 1 is 1.11 bits per heavy atom. The first kappa shape index (κ1) is 31.0. The quantitative estimate of drug-likeness (QED) is 0.120. The fourth-order valence-electron chi connectivity index (χ4n) is 4.39. The maximum atomic E-state index is 12.8. The third-order valence-electron chi connectivity index (χ3n) is 7.50. The van der Waals surface area contributed by atoms with Gasteiger partial charge in [-0.2, -0.15) is 0 Å². The van der Waals surface area contributed by atoms with E-state index in [0.717, 1.165) is 30.6 Å². The summed E-state index contributed by atoms with van der Waals surface area (Å²) in [6, 6.07) is 8.02. The molecule has 1 fully saturated rings. The molecule has 3 atom stereocenters. The SMILES string of the molecule is COc1ccc(/C=C/[C@@H]2[C@@H](C/C=C\CCCC(=O)OC(C)C)CC(=O)C[C@H]2O[Si](C)(C)C(C)(C)C)cc1. The summed E-state index contributed by atoms with van der Waals surface area (Å²) in [4.78, 5) is 24.6. The number of hydrogen-bond donors (Lipinski definition) is 0. The fraction of sp³-hybridized carbons (Fsp3) is 0.613. The van der Waals surface area contributed by atoms with Crippen molar-refractivity contribution in [3.8, 4) is 5.75 Å². The van der Waals surface area contributed by atoms with Gasteiger partial charge < -0.3 is 13.9 Å². The van der Waals surface area contributed by atoms with Crippen LogP contribution in [0.2, 0.25) is 18.1 Å². The summed E-state index contributed by atoms with van der Waals surface area (Å²) in [7, 11) is -0.381. The minimum atomic E-state index is -2.05. The van der Waals surface area contributed by atoms with Crippen molar-refractivity contribution < 1.29 is 23.5 Å². The molecule has 0 bridgehead atoms. The normalized spacial score (nSPS) is 21.2. The molecule has 1 aliphatic carbocycles. The largest absolute Gasteiger partial charge is 0.497 e. The number of carbonyl (C=O) groups is 2. The molecule has 0 saturated heterocycles. The predicted molar refractivity (Wildman–Crippen MR) is 154 cm³/mol. The Balaban J connectivity index is 2.15. The van der Waals surface area contributed by atoms with Crippen LogP contribution in [0.25, 0.3) is 6.08 Å². The van der Waals surface area contributed by atoms with Crippen molar-refractivity contribution in [2.45, 2.75) is 103 Å². The number of ether oxygens (including phenoxy) is 2. The van der Waals surface area contributed by atoms with Gasteiger partial charge in [0.1, 0.15) is 11.5 Å². The van der Waals surface area contributed by atoms with Gasteiger partial charge in [-0.15, -0.1) is 0 Å². The molecule has 6 heteroatoms. The van der Waals surface area contributed by atoms with Gasteiger partial charge in [0.15, 0.2) is 8.32 Å². The zero-order chi connectivity index (χ0) is 27.6. The second-order valence-corrected chi connectivity index (χ2v) is 16.7. The molecule has 206 valence electrons. The van der Waals surface area contributed by atoms with E-state index in [-0.39, 0.29) is 40.8 Å². The topological polar surface area (TPSA) is 61.8 Å². The third-order valence-corrected chi connectivity index (χ3v) is 12.0. The van der Waals surface area contributed by atoms with Gasteiger partial charge >= 0.3 is 5.97 Å². The lowest BCUT2D eigenvalue weighted by molar-refractivity contribution is -0.147. The number of Topliss-reactive ketones (excluding diaryl/α,β-unsaturated/α-hetero) is 1. The smallest absolute Gasteiger partial charge is 0.306 e. The fourth-order valence-corrected chi connectivity index (χ4v) is 5.74. The number of methoxy groups -OCH3 is 1. The van der Waals surface area contributed by atoms with Crippen molar-refractivity contribution in [2.24, 2.45) is 11.8 Å². The molecule has 0 spiro atoms. The van der Waals surface area contributed by atoms with E-state index in [1.54, 1.807) is 7.11 Å². The zero-order valence-corrected chi connectivity index (χ0v) is 25.2. The summed E-state index contributed by atoms with van der Waals surface area (Å²) in [5.74, 6) is 1.32. The summed E-state index contributed by atoms with van der Waals surface area (Å²) in [6.07, 6.45) is 12.4. The van der Waals surface area contributed by atoms with Crippen molar-refractivity contribution >= 4 is 26.1 Å². The van der Waals surface area contributed by atoms with E-state index < -0.39 is 8.32 Å². The zero-order valence-electron chi connectivity index (χ0n) is 24.2. The standard InChI is InChI=1S/C31H48O5Si/c1-23(2)35-30(33)14-12-10-9-11-13-25-21-26(32)22-29(36-37(7,8)31(3,4)5)28(25)20-17-24-15-18-27(34-6)19-16-24/h9,11,15-20,23,25,28-29H,10,12-14,21-22H2,1-8H3/b11-9-,20-17+/t25-,28+,29+/m0/s1. The highest BCUT2D eigenvalue weighted by molar-refractivity contribution is 6.74. The van der Waals surface area contributed by atoms with Crippen molar-refractivity contribution in [1.82, 2.24) is 0 Å². The molecule has 1 aromatic rings. The van der Waals surface area contributed by atoms with E-state index in [2.05, 4.69) is 58.2 Å². The van der Waals surface area contributed by atoms with E-state index in [1.165, 1.54) is 0 Å². The highest BCUT2D eigenvalue weighted by Gasteiger charge is 2.44. The summed E-state index contributed by atoms with van der Waals surface area (Å²) in [6.45, 7) is 15.0. The summed E-state index contributed by atoms with van der Waals surface area (Å²) < 4.78 is 17.3. The molecule has 0 N–H and O–H groups in total. The lowest BCUT2D eigenvalue weighted by Crippen LogP contribution is -2.49. The maximum absolute atomic E-state index is 12.8. The average Bonchev–Trinajstić information content (AvgIpc) is 2.79. The lowest BCUT2D eigenvalue weighted by Gasteiger charge is -2.44. The molecule has 5 nitrogen and oxygen atoms in total. The lowest BCUT2D eigenvalue weighted by atomic mass is 9.74. The molecular formula is C31H48O5Si. The van der Waals surface area contributed by atoms with Gasteiger partial charge in [0.05, 0.1) is 19.3 Å². The molecule has 1 aliphatic rings. The van der Waals surface area contributed by atoms with E-state index in [4.69, 9.17) is 13.9 Å². The van der Waals surface area contributed by atoms with E-state index in [0.29, 0.717) is 19.3 Å². The molecule has 0 radical (unpaired) electrons. The van der Waals surface area contributed by atoms with Crippen LogP contribution in [0.15, 0.2) is 42.5 Å². The number of hydrogen-bond acceptors (Lipinski definition) is 5. The molecule has 0 unspecified atom stereocenters. The van der Waals surface area contributed by atoms with Gasteiger partial charge in [-0.3, -0.25) is 9.59 Å². The van der Waals surface area contributed by atoms with Crippen LogP contribution in [0.5, 0.6) is 5.75 Å². The molecular weight excluding hydrogens is 480 g/mol. The second-order valence-electron chi connectivity index (χ2n) is 12.0. The molecule has 2 rings (SSSR count). The summed E-state index contributed by atoms with van der Waals surface area (Å²) >= 11 is 0. The van der Waals surface area contributed by atoms with E-state index in [1.807, 2.05) is 38.1 Å². The first-order chi connectivity index (χ1) is 17.3. The van der Waals surface area contributed by atoms with Gasteiger partial charge in [-0.05, 0) is 74.9 Å². The number of ketones is 1. The maximum Gasteiger partial charge on any atom is 0.306 e. The molecule has 0 aromatic heterocycles. The summed E-state index contributed by atoms with van der Waals surface area (Å²) in [5.41, 5.74) is 1.10. The minimum Gasteiger partial charge on any atom is -0.497 e. The minimum absolute atomic E-state index is 0.0729. The van der Waals surface area contributed by atoms with Crippen LogP contribution in [0.4, 0.5) is 0 Å². The average molecular weight is 529 g/mol. The number of rotatable bonds is 12. The Labute approximate surface area is 225 Å². The molecule has 1 aromatic carbocycles. The van der Waals surface area contributed by atoms with Crippen LogP contribution in [-0.4, -0.2) is 39.4 Å². The highest BCUT2D eigenvalue weighted by Crippen LogP contribution is 2.42. The van der Waals surface area contributed by atoms with Crippen molar-refractivity contribution in [2.75, 3.05) is 7.11 Å². The molecule has 0 amide bonds. The first-order valence-electron chi connectivity index (χ1n) is 13.7. The second kappa shape index (κ2) is 14.1. The van der Waals surface area contributed by atoms with Crippen LogP contribution in [-0.2, 0) is 18.8 Å². The number of esters is 1. The molecule has 37 heavy (non-hydrogen) atoms. The predicted octanol–water partition coefficient (Wildman–Crippen LogP) is 7.76. The highest BCUT2D eigenvalue weighted by atomic mass is 28.4. The number of carbonyl (C=O) groups excluding carboxylic acids is 2. The van der Waals surface area contributed by atoms with Gasteiger partial charge in [0.25, 0.3) is 0 Å². The Hall–Kier alpha value is -2.18. The van der Waals surface area contributed by atoms with Gasteiger partial charge in [-0.25, -0.2) is 0 Å². The molecule has 0 aliphatic heterocycles. The van der Waals surface area contributed by atoms with Crippen LogP contribution >= 0.6 is 0 Å². The Bertz CT molecular complexity index is 924.